The summed E-state index contributed by atoms with van der Waals surface area (Å²) >= 11 is 0. The topological polar surface area (TPSA) is 0 Å². The maximum absolute atomic E-state index is 3.31. The fraction of sp³-hybridized carbons (Fsp3) is 0.882. The van der Waals surface area contributed by atoms with Crippen molar-refractivity contribution in [1.82, 2.24) is 0 Å². The van der Waals surface area contributed by atoms with Crippen LogP contribution in [0.15, 0.2) is 0 Å². The molecule has 0 heterocycles. The molecule has 0 aliphatic rings. The van der Waals surface area contributed by atoms with Gasteiger partial charge in [-0.25, -0.2) is 0 Å². The molecular formula is C17H32. The van der Waals surface area contributed by atoms with Crippen LogP contribution in [-0.4, -0.2) is 0 Å². The van der Waals surface area contributed by atoms with Gasteiger partial charge < -0.3 is 0 Å². The normalized spacial score (nSPS) is 11.9. The largest absolute Gasteiger partial charge is 0.103 e. The second-order valence-electron chi connectivity index (χ2n) is 5.30. The highest BCUT2D eigenvalue weighted by Gasteiger charge is 2.00. The summed E-state index contributed by atoms with van der Waals surface area (Å²) in [7, 11) is 0. The van der Waals surface area contributed by atoms with Gasteiger partial charge in [0.15, 0.2) is 0 Å². The third kappa shape index (κ3) is 13.5. The van der Waals surface area contributed by atoms with Crippen LogP contribution in [0.3, 0.4) is 0 Å². The molecule has 0 aliphatic heterocycles. The van der Waals surface area contributed by atoms with Gasteiger partial charge in [0.05, 0.1) is 0 Å². The highest BCUT2D eigenvalue weighted by Crippen LogP contribution is 2.15. The Morgan fingerprint density at radius 2 is 1.35 bits per heavy atom. The van der Waals surface area contributed by atoms with Crippen molar-refractivity contribution in [2.24, 2.45) is 5.92 Å². The minimum atomic E-state index is 0.872. The van der Waals surface area contributed by atoms with Gasteiger partial charge in [0, 0.05) is 12.8 Å². The van der Waals surface area contributed by atoms with E-state index in [9.17, 15) is 0 Å². The van der Waals surface area contributed by atoms with E-state index in [2.05, 4.69) is 32.6 Å². The molecule has 17 heavy (non-hydrogen) atoms. The van der Waals surface area contributed by atoms with E-state index in [4.69, 9.17) is 0 Å². The van der Waals surface area contributed by atoms with E-state index in [-0.39, 0.29) is 0 Å². The zero-order valence-electron chi connectivity index (χ0n) is 12.4. The zero-order chi connectivity index (χ0) is 12.8. The molecule has 0 aromatic carbocycles. The number of unbranched alkanes of at least 4 members (excludes halogenated alkanes) is 6. The highest BCUT2D eigenvalue weighted by atomic mass is 14.1. The molecule has 100 valence electrons. The van der Waals surface area contributed by atoms with Crippen molar-refractivity contribution in [3.05, 3.63) is 0 Å². The van der Waals surface area contributed by atoms with Crippen molar-refractivity contribution in [2.45, 2.75) is 91.4 Å². The monoisotopic (exact) mass is 236 g/mol. The third-order valence-electron chi connectivity index (χ3n) is 3.34. The molecule has 0 bridgehead atoms. The SMILES string of the molecule is CCCCC#CCCC(C)CCCCCCC. The van der Waals surface area contributed by atoms with Gasteiger partial charge in [-0.15, -0.1) is 11.8 Å². The molecule has 0 aromatic rings. The first kappa shape index (κ1) is 16.6. The van der Waals surface area contributed by atoms with Crippen molar-refractivity contribution in [3.63, 3.8) is 0 Å². The minimum Gasteiger partial charge on any atom is -0.103 e. The van der Waals surface area contributed by atoms with Gasteiger partial charge in [-0.1, -0.05) is 65.7 Å². The highest BCUT2D eigenvalue weighted by molar-refractivity contribution is 4.98. The lowest BCUT2D eigenvalue weighted by Crippen LogP contribution is -1.94. The van der Waals surface area contributed by atoms with Gasteiger partial charge in [-0.3, -0.25) is 0 Å². The van der Waals surface area contributed by atoms with E-state index >= 15 is 0 Å². The quantitative estimate of drug-likeness (QED) is 0.324. The Bertz CT molecular complexity index is 194. The fourth-order valence-electron chi connectivity index (χ4n) is 2.00. The molecule has 0 spiro atoms. The Balaban J connectivity index is 3.27. The molecule has 0 saturated heterocycles. The summed E-state index contributed by atoms with van der Waals surface area (Å²) in [6, 6.07) is 0. The van der Waals surface area contributed by atoms with E-state index in [0.717, 1.165) is 18.8 Å². The summed E-state index contributed by atoms with van der Waals surface area (Å²) < 4.78 is 0. The predicted octanol–water partition coefficient (Wildman–Crippen LogP) is 5.96. The molecule has 1 atom stereocenters. The fourth-order valence-corrected chi connectivity index (χ4v) is 2.00. The molecule has 0 amide bonds. The first-order valence-electron chi connectivity index (χ1n) is 7.77. The summed E-state index contributed by atoms with van der Waals surface area (Å²) in [5, 5.41) is 0. The van der Waals surface area contributed by atoms with E-state index in [0.29, 0.717) is 0 Å². The maximum Gasteiger partial charge on any atom is 0.00912 e. The summed E-state index contributed by atoms with van der Waals surface area (Å²) in [6.07, 6.45) is 14.5. The van der Waals surface area contributed by atoms with E-state index in [1.165, 1.54) is 57.8 Å². The zero-order valence-corrected chi connectivity index (χ0v) is 12.4. The van der Waals surface area contributed by atoms with Gasteiger partial charge >= 0.3 is 0 Å². The van der Waals surface area contributed by atoms with Crippen LogP contribution in [0.5, 0.6) is 0 Å². The summed E-state index contributed by atoms with van der Waals surface area (Å²) in [5.41, 5.74) is 0. The van der Waals surface area contributed by atoms with Gasteiger partial charge in [-0.05, 0) is 18.8 Å². The molecule has 0 saturated carbocycles. The summed E-state index contributed by atoms with van der Waals surface area (Å²) in [5.74, 6) is 7.46. The number of rotatable bonds is 10. The van der Waals surface area contributed by atoms with Gasteiger partial charge in [-0.2, -0.15) is 0 Å². The van der Waals surface area contributed by atoms with Crippen molar-refractivity contribution in [3.8, 4) is 11.8 Å². The average molecular weight is 236 g/mol. The van der Waals surface area contributed by atoms with Gasteiger partial charge in [0.25, 0.3) is 0 Å². The minimum absolute atomic E-state index is 0.872. The molecular weight excluding hydrogens is 204 g/mol. The van der Waals surface area contributed by atoms with Crippen LogP contribution in [0.25, 0.3) is 0 Å². The Hall–Kier alpha value is -0.440. The molecule has 0 nitrogen and oxygen atoms in total. The van der Waals surface area contributed by atoms with Crippen LogP contribution in [0.1, 0.15) is 91.4 Å². The Labute approximate surface area is 110 Å². The lowest BCUT2D eigenvalue weighted by atomic mass is 9.98. The number of hydrogen-bond donors (Lipinski definition) is 0. The lowest BCUT2D eigenvalue weighted by Gasteiger charge is -2.08. The summed E-state index contributed by atoms with van der Waals surface area (Å²) in [4.78, 5) is 0. The van der Waals surface area contributed by atoms with Crippen LogP contribution in [-0.2, 0) is 0 Å². The van der Waals surface area contributed by atoms with Gasteiger partial charge in [0.1, 0.15) is 0 Å². The molecule has 0 aromatic heterocycles. The van der Waals surface area contributed by atoms with E-state index in [1.807, 2.05) is 0 Å². The first-order valence-corrected chi connectivity index (χ1v) is 7.77. The molecule has 1 unspecified atom stereocenters. The van der Waals surface area contributed by atoms with Crippen LogP contribution < -0.4 is 0 Å². The average Bonchev–Trinajstić information content (AvgIpc) is 2.33. The molecule has 0 aliphatic carbocycles. The molecule has 0 N–H and O–H groups in total. The van der Waals surface area contributed by atoms with Crippen molar-refractivity contribution in [1.29, 1.82) is 0 Å². The molecule has 0 radical (unpaired) electrons. The van der Waals surface area contributed by atoms with Crippen LogP contribution >= 0.6 is 0 Å². The third-order valence-corrected chi connectivity index (χ3v) is 3.34. The van der Waals surface area contributed by atoms with Crippen LogP contribution in [0.4, 0.5) is 0 Å². The Morgan fingerprint density at radius 1 is 0.706 bits per heavy atom. The first-order chi connectivity index (χ1) is 8.31. The summed E-state index contributed by atoms with van der Waals surface area (Å²) in [6.45, 7) is 6.88. The maximum atomic E-state index is 3.31. The predicted molar refractivity (Wildman–Crippen MR) is 79.1 cm³/mol. The Kier molecular flexibility index (Phi) is 13.3. The van der Waals surface area contributed by atoms with Crippen molar-refractivity contribution < 1.29 is 0 Å². The number of hydrogen-bond acceptors (Lipinski definition) is 0. The second kappa shape index (κ2) is 13.6. The van der Waals surface area contributed by atoms with Gasteiger partial charge in [0.2, 0.25) is 0 Å². The van der Waals surface area contributed by atoms with E-state index in [1.54, 1.807) is 0 Å². The Morgan fingerprint density at radius 3 is 2.06 bits per heavy atom. The standard InChI is InChI=1S/C17H32/c1-4-6-8-10-12-14-16-17(3)15-13-11-9-7-5-2/h17H,4-9,11,13-16H2,1-3H3. The van der Waals surface area contributed by atoms with Crippen LogP contribution in [0.2, 0.25) is 0 Å². The molecule has 0 rings (SSSR count). The lowest BCUT2D eigenvalue weighted by molar-refractivity contribution is 0.463. The smallest absolute Gasteiger partial charge is 0.00912 e. The molecule has 0 fully saturated rings. The molecule has 0 heteroatoms. The van der Waals surface area contributed by atoms with E-state index < -0.39 is 0 Å². The second-order valence-corrected chi connectivity index (χ2v) is 5.30. The van der Waals surface area contributed by atoms with Crippen molar-refractivity contribution >= 4 is 0 Å². The van der Waals surface area contributed by atoms with Crippen LogP contribution in [0, 0.1) is 17.8 Å². The van der Waals surface area contributed by atoms with Crippen molar-refractivity contribution in [2.75, 3.05) is 0 Å².